The zero-order chi connectivity index (χ0) is 22.3. The highest BCUT2D eigenvalue weighted by atomic mass is 35.5. The van der Waals surface area contributed by atoms with Crippen molar-refractivity contribution in [2.24, 2.45) is 5.16 Å². The number of nitrogens with zero attached hydrogens (tertiary/aromatic N) is 1. The molecule has 0 radical (unpaired) electrons. The third-order valence-corrected chi connectivity index (χ3v) is 5.48. The fourth-order valence-corrected chi connectivity index (χ4v) is 3.49. The maximum absolute atomic E-state index is 12.1. The molecular weight excluding hydrogens is 408 g/mol. The van der Waals surface area contributed by atoms with Crippen molar-refractivity contribution in [2.45, 2.75) is 78.1 Å². The first kappa shape index (κ1) is 24.9. The number of hydrogen-bond donors (Lipinski definition) is 1. The van der Waals surface area contributed by atoms with E-state index in [0.29, 0.717) is 10.7 Å². The molecule has 2 aromatic rings. The Morgan fingerprint density at radius 3 is 2.06 bits per heavy atom. The van der Waals surface area contributed by atoms with Crippen LogP contribution in [-0.4, -0.2) is 11.8 Å². The third kappa shape index (κ3) is 10.5. The van der Waals surface area contributed by atoms with E-state index in [1.807, 2.05) is 12.1 Å². The Hall–Kier alpha value is -2.33. The number of amides is 1. The molecule has 0 unspecified atom stereocenters. The van der Waals surface area contributed by atoms with Gasteiger partial charge in [-0.1, -0.05) is 105 Å². The van der Waals surface area contributed by atoms with Gasteiger partial charge in [-0.2, -0.15) is 0 Å². The Labute approximate surface area is 192 Å². The van der Waals surface area contributed by atoms with Gasteiger partial charge in [-0.15, -0.1) is 0 Å². The summed E-state index contributed by atoms with van der Waals surface area (Å²) in [5.41, 5.74) is 3.59. The van der Waals surface area contributed by atoms with Crippen molar-refractivity contribution in [1.29, 1.82) is 0 Å². The summed E-state index contributed by atoms with van der Waals surface area (Å²) in [7, 11) is 0. The van der Waals surface area contributed by atoms with Crippen LogP contribution in [0.1, 0.15) is 82.3 Å². The zero-order valence-electron chi connectivity index (χ0n) is 18.8. The summed E-state index contributed by atoms with van der Waals surface area (Å²) < 4.78 is 0. The molecule has 168 valence electrons. The van der Waals surface area contributed by atoms with Gasteiger partial charge in [0.15, 0.2) is 0 Å². The number of unbranched alkanes of at least 4 members (excludes halogenated alkanes) is 8. The van der Waals surface area contributed by atoms with Crippen molar-refractivity contribution in [2.75, 3.05) is 5.32 Å². The van der Waals surface area contributed by atoms with Crippen molar-refractivity contribution in [1.82, 2.24) is 0 Å². The number of aryl methyl sites for hydroxylation is 1. The van der Waals surface area contributed by atoms with Gasteiger partial charge in [0.2, 0.25) is 0 Å². The first-order valence-corrected chi connectivity index (χ1v) is 11.8. The van der Waals surface area contributed by atoms with E-state index in [0.717, 1.165) is 30.5 Å². The Balaban J connectivity index is 1.84. The minimum Gasteiger partial charge on any atom is -0.297 e. The molecule has 4 nitrogen and oxygen atoms in total. The number of carbonyl (C=O) groups excluding carboxylic acids is 1. The van der Waals surface area contributed by atoms with Crippen LogP contribution in [0.25, 0.3) is 0 Å². The number of anilines is 1. The Bertz CT molecular complexity index is 801. The number of oxime groups is 1. The summed E-state index contributed by atoms with van der Waals surface area (Å²) in [6, 6.07) is 15.0. The molecule has 0 aromatic heterocycles. The maximum Gasteiger partial charge on any atom is 0.437 e. The SMILES string of the molecule is CCCCCCCCCCCC(=NOC(=O)Nc1ccc(Cl)cc1)c1ccc(C)cc1. The maximum atomic E-state index is 12.1. The second-order valence-corrected chi connectivity index (χ2v) is 8.43. The normalized spacial score (nSPS) is 11.4. The highest BCUT2D eigenvalue weighted by Crippen LogP contribution is 2.16. The predicted octanol–water partition coefficient (Wildman–Crippen LogP) is 8.52. The molecule has 0 saturated carbocycles. The fraction of sp³-hybridized carbons (Fsp3) is 0.462. The van der Waals surface area contributed by atoms with E-state index >= 15 is 0 Å². The van der Waals surface area contributed by atoms with Crippen LogP contribution in [0.2, 0.25) is 5.02 Å². The van der Waals surface area contributed by atoms with Gasteiger partial charge in [-0.05, 0) is 49.6 Å². The molecule has 0 saturated heterocycles. The van der Waals surface area contributed by atoms with E-state index in [2.05, 4.69) is 36.5 Å². The van der Waals surface area contributed by atoms with Gasteiger partial charge in [0.25, 0.3) is 0 Å². The average Bonchev–Trinajstić information content (AvgIpc) is 2.77. The summed E-state index contributed by atoms with van der Waals surface area (Å²) in [6.45, 7) is 4.30. The largest absolute Gasteiger partial charge is 0.437 e. The lowest BCUT2D eigenvalue weighted by Gasteiger charge is -2.08. The van der Waals surface area contributed by atoms with Gasteiger partial charge in [0.05, 0.1) is 5.71 Å². The quantitative estimate of drug-likeness (QED) is 0.146. The molecule has 31 heavy (non-hydrogen) atoms. The van der Waals surface area contributed by atoms with Crippen LogP contribution < -0.4 is 5.32 Å². The molecule has 0 fully saturated rings. The summed E-state index contributed by atoms with van der Waals surface area (Å²) in [4.78, 5) is 17.3. The minimum atomic E-state index is -0.612. The second-order valence-electron chi connectivity index (χ2n) is 7.99. The smallest absolute Gasteiger partial charge is 0.297 e. The lowest BCUT2D eigenvalue weighted by Crippen LogP contribution is -2.12. The number of nitrogens with one attached hydrogen (secondary N) is 1. The molecular formula is C26H35ClN2O2. The van der Waals surface area contributed by atoms with Gasteiger partial charge in [0.1, 0.15) is 0 Å². The highest BCUT2D eigenvalue weighted by molar-refractivity contribution is 6.30. The van der Waals surface area contributed by atoms with Crippen LogP contribution >= 0.6 is 11.6 Å². The predicted molar refractivity (Wildman–Crippen MR) is 131 cm³/mol. The number of hydrogen-bond acceptors (Lipinski definition) is 3. The van der Waals surface area contributed by atoms with Gasteiger partial charge in [-0.25, -0.2) is 4.79 Å². The van der Waals surface area contributed by atoms with Crippen molar-refractivity contribution in [3.8, 4) is 0 Å². The molecule has 0 bridgehead atoms. The summed E-state index contributed by atoms with van der Waals surface area (Å²) >= 11 is 5.87. The molecule has 0 aliphatic rings. The van der Waals surface area contributed by atoms with Crippen LogP contribution in [0.3, 0.4) is 0 Å². The number of rotatable bonds is 13. The zero-order valence-corrected chi connectivity index (χ0v) is 19.6. The topological polar surface area (TPSA) is 50.7 Å². The number of benzene rings is 2. The molecule has 2 aromatic carbocycles. The molecule has 0 spiro atoms. The summed E-state index contributed by atoms with van der Waals surface area (Å²) in [5, 5.41) is 7.46. The monoisotopic (exact) mass is 442 g/mol. The van der Waals surface area contributed by atoms with Gasteiger partial charge in [-0.3, -0.25) is 10.2 Å². The highest BCUT2D eigenvalue weighted by Gasteiger charge is 2.08. The van der Waals surface area contributed by atoms with E-state index in [9.17, 15) is 4.79 Å². The molecule has 0 atom stereocenters. The van der Waals surface area contributed by atoms with Crippen LogP contribution in [0.5, 0.6) is 0 Å². The number of halogens is 1. The van der Waals surface area contributed by atoms with Gasteiger partial charge < -0.3 is 0 Å². The van der Waals surface area contributed by atoms with E-state index < -0.39 is 6.09 Å². The Morgan fingerprint density at radius 1 is 0.871 bits per heavy atom. The fourth-order valence-electron chi connectivity index (χ4n) is 3.36. The lowest BCUT2D eigenvalue weighted by molar-refractivity contribution is 0.166. The van der Waals surface area contributed by atoms with Crippen molar-refractivity contribution in [3.05, 3.63) is 64.7 Å². The Kier molecular flexibility index (Phi) is 11.8. The molecule has 0 heterocycles. The van der Waals surface area contributed by atoms with E-state index in [-0.39, 0.29) is 0 Å². The Morgan fingerprint density at radius 2 is 1.45 bits per heavy atom. The van der Waals surface area contributed by atoms with Crippen molar-refractivity contribution < 1.29 is 9.63 Å². The van der Waals surface area contributed by atoms with E-state index in [4.69, 9.17) is 16.4 Å². The molecule has 0 aliphatic carbocycles. The second kappa shape index (κ2) is 14.6. The molecule has 2 rings (SSSR count). The number of carbonyl (C=O) groups is 1. The van der Waals surface area contributed by atoms with E-state index in [1.165, 1.54) is 50.5 Å². The van der Waals surface area contributed by atoms with Crippen LogP contribution in [0.15, 0.2) is 53.7 Å². The van der Waals surface area contributed by atoms with Crippen molar-refractivity contribution >= 4 is 29.1 Å². The first-order valence-electron chi connectivity index (χ1n) is 11.5. The van der Waals surface area contributed by atoms with E-state index in [1.54, 1.807) is 24.3 Å². The lowest BCUT2D eigenvalue weighted by atomic mass is 10.0. The standard InChI is InChI=1S/C26H35ClN2O2/c1-3-4-5-6-7-8-9-10-11-12-25(22-15-13-21(2)14-16-22)29-31-26(30)28-24-19-17-23(27)18-20-24/h13-20H,3-12H2,1-2H3,(H,28,30). The molecule has 1 N–H and O–H groups in total. The molecule has 0 aliphatic heterocycles. The van der Waals surface area contributed by atoms with Gasteiger partial charge in [0, 0.05) is 10.7 Å². The molecule has 5 heteroatoms. The summed E-state index contributed by atoms with van der Waals surface area (Å²) in [5.74, 6) is 0. The van der Waals surface area contributed by atoms with Gasteiger partial charge >= 0.3 is 6.09 Å². The average molecular weight is 443 g/mol. The van der Waals surface area contributed by atoms with Crippen LogP contribution in [0, 0.1) is 6.92 Å². The van der Waals surface area contributed by atoms with Crippen LogP contribution in [-0.2, 0) is 4.84 Å². The first-order chi connectivity index (χ1) is 15.1. The third-order valence-electron chi connectivity index (χ3n) is 5.23. The molecule has 1 amide bonds. The van der Waals surface area contributed by atoms with Crippen LogP contribution in [0.4, 0.5) is 10.5 Å². The minimum absolute atomic E-state index is 0.611. The summed E-state index contributed by atoms with van der Waals surface area (Å²) in [6.07, 6.45) is 11.6. The van der Waals surface area contributed by atoms with Crippen molar-refractivity contribution in [3.63, 3.8) is 0 Å².